The maximum atomic E-state index is 10.3. The van der Waals surface area contributed by atoms with Gasteiger partial charge in [-0.25, -0.2) is 0 Å². The molecule has 0 aliphatic heterocycles. The first kappa shape index (κ1) is 17.8. The first-order valence-corrected chi connectivity index (χ1v) is 8.26. The zero-order valence-electron chi connectivity index (χ0n) is 14.7. The number of aromatic hydroxyl groups is 1. The van der Waals surface area contributed by atoms with Gasteiger partial charge in [0.05, 0.1) is 11.7 Å². The SMILES string of the molecule is Cc1ccc2cc(C(C)C)c(O)cc2c1CC[C@H](O)C(C)(C)O. The molecule has 0 saturated carbocycles. The molecule has 3 N–H and O–H groups in total. The van der Waals surface area contributed by atoms with E-state index in [1.165, 1.54) is 0 Å². The Bertz CT molecular complexity index is 696. The van der Waals surface area contributed by atoms with Crippen molar-refractivity contribution in [3.8, 4) is 5.75 Å². The van der Waals surface area contributed by atoms with E-state index < -0.39 is 11.7 Å². The third kappa shape index (κ3) is 3.85. The van der Waals surface area contributed by atoms with Gasteiger partial charge in [-0.05, 0) is 79.1 Å². The summed E-state index contributed by atoms with van der Waals surface area (Å²) in [4.78, 5) is 0. The smallest absolute Gasteiger partial charge is 0.119 e. The highest BCUT2D eigenvalue weighted by atomic mass is 16.3. The molecule has 0 heterocycles. The molecule has 23 heavy (non-hydrogen) atoms. The number of fused-ring (bicyclic) bond motifs is 1. The number of hydrogen-bond acceptors (Lipinski definition) is 3. The van der Waals surface area contributed by atoms with Crippen LogP contribution in [0.1, 0.15) is 56.7 Å². The van der Waals surface area contributed by atoms with E-state index in [4.69, 9.17) is 0 Å². The third-order valence-corrected chi connectivity index (χ3v) is 4.62. The number of aliphatic hydroxyl groups excluding tert-OH is 1. The van der Waals surface area contributed by atoms with Crippen LogP contribution in [-0.4, -0.2) is 27.0 Å². The average molecular weight is 316 g/mol. The Kier molecular flexibility index (Phi) is 5.02. The van der Waals surface area contributed by atoms with Crippen LogP contribution in [0, 0.1) is 6.92 Å². The Labute approximate surface area is 138 Å². The average Bonchev–Trinajstić information content (AvgIpc) is 2.44. The van der Waals surface area contributed by atoms with Gasteiger partial charge in [0.25, 0.3) is 0 Å². The molecular weight excluding hydrogens is 288 g/mol. The van der Waals surface area contributed by atoms with Crippen molar-refractivity contribution in [2.45, 2.75) is 65.1 Å². The topological polar surface area (TPSA) is 60.7 Å². The van der Waals surface area contributed by atoms with Crippen LogP contribution in [0.2, 0.25) is 0 Å². The van der Waals surface area contributed by atoms with Gasteiger partial charge in [-0.2, -0.15) is 0 Å². The monoisotopic (exact) mass is 316 g/mol. The highest BCUT2D eigenvalue weighted by Gasteiger charge is 2.24. The molecule has 2 aromatic rings. The van der Waals surface area contributed by atoms with Crippen molar-refractivity contribution in [1.29, 1.82) is 0 Å². The number of aryl methyl sites for hydroxylation is 2. The van der Waals surface area contributed by atoms with Crippen LogP contribution in [-0.2, 0) is 6.42 Å². The van der Waals surface area contributed by atoms with Crippen LogP contribution in [0.4, 0.5) is 0 Å². The van der Waals surface area contributed by atoms with Crippen LogP contribution in [0.25, 0.3) is 10.8 Å². The zero-order chi connectivity index (χ0) is 17.4. The van der Waals surface area contributed by atoms with Gasteiger partial charge in [0.2, 0.25) is 0 Å². The van der Waals surface area contributed by atoms with Gasteiger partial charge >= 0.3 is 0 Å². The predicted octanol–water partition coefficient (Wildman–Crippen LogP) is 4.04. The number of phenolic OH excluding ortho intramolecular Hbond substituents is 1. The molecule has 2 rings (SSSR count). The fourth-order valence-corrected chi connectivity index (χ4v) is 2.98. The van der Waals surface area contributed by atoms with E-state index in [0.29, 0.717) is 18.6 Å². The lowest BCUT2D eigenvalue weighted by atomic mass is 9.89. The summed E-state index contributed by atoms with van der Waals surface area (Å²) in [6.07, 6.45) is 0.367. The predicted molar refractivity (Wildman–Crippen MR) is 95.1 cm³/mol. The second kappa shape index (κ2) is 6.50. The minimum absolute atomic E-state index is 0.265. The Hall–Kier alpha value is -1.58. The summed E-state index contributed by atoms with van der Waals surface area (Å²) in [6.45, 7) is 9.41. The molecule has 0 fully saturated rings. The van der Waals surface area contributed by atoms with Crippen LogP contribution in [0.5, 0.6) is 5.75 Å². The van der Waals surface area contributed by atoms with E-state index in [0.717, 1.165) is 27.5 Å². The molecule has 1 atom stereocenters. The van der Waals surface area contributed by atoms with Gasteiger partial charge in [0, 0.05) is 0 Å². The second-order valence-corrected chi connectivity index (χ2v) is 7.36. The summed E-state index contributed by atoms with van der Waals surface area (Å²) in [5.41, 5.74) is 2.10. The Morgan fingerprint density at radius 1 is 1.13 bits per heavy atom. The molecule has 0 bridgehead atoms. The van der Waals surface area contributed by atoms with Gasteiger partial charge in [-0.1, -0.05) is 26.0 Å². The molecule has 0 spiro atoms. The highest BCUT2D eigenvalue weighted by molar-refractivity contribution is 5.89. The van der Waals surface area contributed by atoms with Crippen LogP contribution in [0.15, 0.2) is 24.3 Å². The summed E-state index contributed by atoms with van der Waals surface area (Å²) >= 11 is 0. The molecule has 126 valence electrons. The first-order valence-electron chi connectivity index (χ1n) is 8.26. The standard InChI is InChI=1S/C20H28O3/c1-12(2)16-10-14-7-6-13(3)15(17(14)11-18(16)21)8-9-19(22)20(4,5)23/h6-7,10-12,19,21-23H,8-9H2,1-5H3/t19-/m0/s1. The molecular formula is C20H28O3. The maximum Gasteiger partial charge on any atom is 0.119 e. The highest BCUT2D eigenvalue weighted by Crippen LogP contribution is 2.33. The van der Waals surface area contributed by atoms with E-state index in [1.54, 1.807) is 13.8 Å². The van der Waals surface area contributed by atoms with Crippen LogP contribution < -0.4 is 0 Å². The first-order chi connectivity index (χ1) is 10.6. The summed E-state index contributed by atoms with van der Waals surface area (Å²) in [7, 11) is 0. The van der Waals surface area contributed by atoms with E-state index in [1.807, 2.05) is 19.1 Å². The number of aliphatic hydroxyl groups is 2. The van der Waals surface area contributed by atoms with Crippen molar-refractivity contribution in [3.05, 3.63) is 41.0 Å². The lowest BCUT2D eigenvalue weighted by molar-refractivity contribution is -0.0509. The molecule has 3 nitrogen and oxygen atoms in total. The van der Waals surface area contributed by atoms with E-state index in [9.17, 15) is 15.3 Å². The van der Waals surface area contributed by atoms with E-state index in [2.05, 4.69) is 26.0 Å². The number of hydrogen-bond donors (Lipinski definition) is 3. The molecule has 0 unspecified atom stereocenters. The van der Waals surface area contributed by atoms with Gasteiger partial charge < -0.3 is 15.3 Å². The van der Waals surface area contributed by atoms with Crippen molar-refractivity contribution < 1.29 is 15.3 Å². The molecule has 0 saturated heterocycles. The fourth-order valence-electron chi connectivity index (χ4n) is 2.98. The van der Waals surface area contributed by atoms with Gasteiger partial charge in [0.15, 0.2) is 0 Å². The molecule has 0 aliphatic rings. The third-order valence-electron chi connectivity index (χ3n) is 4.62. The summed E-state index contributed by atoms with van der Waals surface area (Å²) in [5.74, 6) is 0.587. The van der Waals surface area contributed by atoms with Gasteiger partial charge in [-0.15, -0.1) is 0 Å². The minimum atomic E-state index is -1.11. The number of rotatable bonds is 5. The lowest BCUT2D eigenvalue weighted by Gasteiger charge is -2.25. The molecule has 0 radical (unpaired) electrons. The van der Waals surface area contributed by atoms with E-state index in [-0.39, 0.29) is 5.92 Å². The molecule has 0 amide bonds. The molecule has 2 aromatic carbocycles. The zero-order valence-corrected chi connectivity index (χ0v) is 14.7. The van der Waals surface area contributed by atoms with Crippen molar-refractivity contribution >= 4 is 10.8 Å². The second-order valence-electron chi connectivity index (χ2n) is 7.36. The Morgan fingerprint density at radius 3 is 2.35 bits per heavy atom. The van der Waals surface area contributed by atoms with Crippen LogP contribution >= 0.6 is 0 Å². The summed E-state index contributed by atoms with van der Waals surface area (Å²) < 4.78 is 0. The lowest BCUT2D eigenvalue weighted by Crippen LogP contribution is -2.36. The maximum absolute atomic E-state index is 10.3. The molecule has 0 aliphatic carbocycles. The van der Waals surface area contributed by atoms with Crippen molar-refractivity contribution in [3.63, 3.8) is 0 Å². The Balaban J connectivity index is 2.43. The fraction of sp³-hybridized carbons (Fsp3) is 0.500. The summed E-state index contributed by atoms with van der Waals surface area (Å²) in [6, 6.07) is 8.04. The number of phenols is 1. The van der Waals surface area contributed by atoms with Crippen molar-refractivity contribution in [2.24, 2.45) is 0 Å². The molecule has 3 heteroatoms. The van der Waals surface area contributed by atoms with Crippen LogP contribution in [0.3, 0.4) is 0 Å². The normalized spacial score (nSPS) is 13.7. The van der Waals surface area contributed by atoms with Gasteiger partial charge in [0.1, 0.15) is 5.75 Å². The Morgan fingerprint density at radius 2 is 1.78 bits per heavy atom. The minimum Gasteiger partial charge on any atom is -0.508 e. The number of benzene rings is 2. The van der Waals surface area contributed by atoms with E-state index >= 15 is 0 Å². The van der Waals surface area contributed by atoms with Crippen molar-refractivity contribution in [1.82, 2.24) is 0 Å². The largest absolute Gasteiger partial charge is 0.508 e. The van der Waals surface area contributed by atoms with Gasteiger partial charge in [-0.3, -0.25) is 0 Å². The molecule has 0 aromatic heterocycles. The summed E-state index contributed by atoms with van der Waals surface area (Å²) in [5, 5.41) is 32.4. The quantitative estimate of drug-likeness (QED) is 0.780. The van der Waals surface area contributed by atoms with Crippen molar-refractivity contribution in [2.75, 3.05) is 0 Å².